The Bertz CT molecular complexity index is 514. The molecular weight excluding hydrogens is 254 g/mol. The van der Waals surface area contributed by atoms with Crippen LogP contribution in [0.5, 0.6) is 0 Å². The van der Waals surface area contributed by atoms with Crippen LogP contribution in [0, 0.1) is 6.92 Å². The average Bonchev–Trinajstić information content (AvgIpc) is 2.44. The second-order valence-corrected chi connectivity index (χ2v) is 4.95. The van der Waals surface area contributed by atoms with Crippen LogP contribution in [0.2, 0.25) is 0 Å². The van der Waals surface area contributed by atoms with Gasteiger partial charge < -0.3 is 5.73 Å². The second-order valence-electron chi connectivity index (χ2n) is 4.10. The fourth-order valence-corrected chi connectivity index (χ4v) is 2.33. The van der Waals surface area contributed by atoms with Crippen LogP contribution in [-0.2, 0) is 0 Å². The number of imidazole rings is 1. The molecule has 0 aromatic carbocycles. The number of nitrogens with zero attached hydrogens (tertiary/aromatic N) is 2. The molecule has 80 valence electrons. The number of halogens is 1. The summed E-state index contributed by atoms with van der Waals surface area (Å²) >= 11 is 3.51. The number of rotatable bonds is 1. The lowest BCUT2D eigenvalue weighted by Gasteiger charge is -2.02. The van der Waals surface area contributed by atoms with Gasteiger partial charge in [0.2, 0.25) is 0 Å². The van der Waals surface area contributed by atoms with Crippen molar-refractivity contribution in [1.82, 2.24) is 9.38 Å². The predicted octanol–water partition coefficient (Wildman–Crippen LogP) is 3.11. The largest absolute Gasteiger partial charge is 0.383 e. The molecule has 2 aromatic heterocycles. The van der Waals surface area contributed by atoms with Crippen molar-refractivity contribution in [3.8, 4) is 0 Å². The lowest BCUT2D eigenvalue weighted by Crippen LogP contribution is -1.98. The maximum Gasteiger partial charge on any atom is 0.153 e. The quantitative estimate of drug-likeness (QED) is 0.863. The monoisotopic (exact) mass is 267 g/mol. The van der Waals surface area contributed by atoms with Gasteiger partial charge in [-0.25, -0.2) is 4.98 Å². The summed E-state index contributed by atoms with van der Waals surface area (Å²) in [6.45, 7) is 6.23. The van der Waals surface area contributed by atoms with E-state index in [-0.39, 0.29) is 0 Å². The molecule has 0 saturated carbocycles. The molecule has 2 rings (SSSR count). The molecule has 2 heterocycles. The van der Waals surface area contributed by atoms with Gasteiger partial charge in [-0.2, -0.15) is 0 Å². The zero-order valence-electron chi connectivity index (χ0n) is 9.08. The van der Waals surface area contributed by atoms with Crippen LogP contribution < -0.4 is 5.73 Å². The van der Waals surface area contributed by atoms with Gasteiger partial charge in [0.1, 0.15) is 5.82 Å². The summed E-state index contributed by atoms with van der Waals surface area (Å²) in [5, 5.41) is 0. The van der Waals surface area contributed by atoms with Crippen molar-refractivity contribution in [1.29, 1.82) is 0 Å². The van der Waals surface area contributed by atoms with Crippen LogP contribution in [0.25, 0.3) is 5.65 Å². The second kappa shape index (κ2) is 3.52. The topological polar surface area (TPSA) is 43.3 Å². The van der Waals surface area contributed by atoms with E-state index in [2.05, 4.69) is 34.8 Å². The van der Waals surface area contributed by atoms with Crippen LogP contribution in [0.3, 0.4) is 0 Å². The Morgan fingerprint density at radius 3 is 2.73 bits per heavy atom. The van der Waals surface area contributed by atoms with E-state index in [1.54, 1.807) is 0 Å². The Labute approximate surface area is 97.4 Å². The molecule has 0 fully saturated rings. The first-order valence-electron chi connectivity index (χ1n) is 4.94. The third-order valence-corrected chi connectivity index (χ3v) is 3.01. The van der Waals surface area contributed by atoms with Crippen molar-refractivity contribution in [3.63, 3.8) is 0 Å². The molecule has 0 amide bonds. The molecular formula is C11H14BrN3. The number of fused-ring (bicyclic) bond motifs is 1. The summed E-state index contributed by atoms with van der Waals surface area (Å²) in [7, 11) is 0. The number of hydrogen-bond donors (Lipinski definition) is 1. The van der Waals surface area contributed by atoms with Crippen molar-refractivity contribution in [3.05, 3.63) is 28.0 Å². The van der Waals surface area contributed by atoms with Gasteiger partial charge in [-0.05, 0) is 40.4 Å². The van der Waals surface area contributed by atoms with Gasteiger partial charge in [0.05, 0.1) is 10.2 Å². The highest BCUT2D eigenvalue weighted by Gasteiger charge is 2.14. The highest BCUT2D eigenvalue weighted by molar-refractivity contribution is 9.10. The summed E-state index contributed by atoms with van der Waals surface area (Å²) in [5.74, 6) is 1.08. The molecule has 0 aliphatic carbocycles. The van der Waals surface area contributed by atoms with Crippen molar-refractivity contribution in [2.45, 2.75) is 26.7 Å². The summed E-state index contributed by atoms with van der Waals surface area (Å²) < 4.78 is 2.93. The van der Waals surface area contributed by atoms with E-state index in [9.17, 15) is 0 Å². The number of aryl methyl sites for hydroxylation is 1. The normalized spacial score (nSPS) is 11.5. The summed E-state index contributed by atoms with van der Waals surface area (Å²) in [6, 6.07) is 2.05. The Hall–Kier alpha value is -1.03. The lowest BCUT2D eigenvalue weighted by atomic mass is 10.1. The van der Waals surface area contributed by atoms with Gasteiger partial charge in [0, 0.05) is 6.20 Å². The van der Waals surface area contributed by atoms with Crippen LogP contribution >= 0.6 is 15.9 Å². The molecule has 0 atom stereocenters. The van der Waals surface area contributed by atoms with E-state index in [1.165, 1.54) is 0 Å². The number of nitrogens with two attached hydrogens (primary N) is 1. The van der Waals surface area contributed by atoms with Crippen LogP contribution in [0.15, 0.2) is 16.7 Å². The standard InChI is InChI=1S/C11H14BrN3/c1-6(2)9-10(13)15-5-7(3)4-8(12)11(15)14-9/h4-6H,13H2,1-3H3. The van der Waals surface area contributed by atoms with Crippen molar-refractivity contribution < 1.29 is 0 Å². The SMILES string of the molecule is Cc1cc(Br)c2nc(C(C)C)c(N)n2c1. The Morgan fingerprint density at radius 1 is 1.47 bits per heavy atom. The average molecular weight is 268 g/mol. The zero-order valence-corrected chi connectivity index (χ0v) is 10.7. The lowest BCUT2D eigenvalue weighted by molar-refractivity contribution is 0.838. The minimum Gasteiger partial charge on any atom is -0.383 e. The number of aromatic nitrogens is 2. The molecule has 2 N–H and O–H groups in total. The van der Waals surface area contributed by atoms with Gasteiger partial charge in [-0.15, -0.1) is 0 Å². The molecule has 15 heavy (non-hydrogen) atoms. The van der Waals surface area contributed by atoms with E-state index >= 15 is 0 Å². The fourth-order valence-electron chi connectivity index (χ4n) is 1.69. The highest BCUT2D eigenvalue weighted by atomic mass is 79.9. The van der Waals surface area contributed by atoms with Crippen LogP contribution in [0.4, 0.5) is 5.82 Å². The van der Waals surface area contributed by atoms with Crippen molar-refractivity contribution in [2.75, 3.05) is 5.73 Å². The van der Waals surface area contributed by atoms with Crippen LogP contribution in [-0.4, -0.2) is 9.38 Å². The zero-order chi connectivity index (χ0) is 11.2. The highest BCUT2D eigenvalue weighted by Crippen LogP contribution is 2.27. The number of nitrogen functional groups attached to an aromatic ring is 1. The fraction of sp³-hybridized carbons (Fsp3) is 0.364. The molecule has 0 aliphatic rings. The minimum absolute atomic E-state index is 0.345. The van der Waals surface area contributed by atoms with Crippen LogP contribution in [0.1, 0.15) is 31.0 Å². The molecule has 0 radical (unpaired) electrons. The van der Waals surface area contributed by atoms with E-state index < -0.39 is 0 Å². The maximum atomic E-state index is 6.06. The third-order valence-electron chi connectivity index (χ3n) is 2.42. The van der Waals surface area contributed by atoms with Crippen molar-refractivity contribution >= 4 is 27.4 Å². The Balaban J connectivity index is 2.82. The number of hydrogen-bond acceptors (Lipinski definition) is 2. The van der Waals surface area contributed by atoms with E-state index in [1.807, 2.05) is 23.6 Å². The molecule has 0 aliphatic heterocycles. The van der Waals surface area contributed by atoms with Gasteiger partial charge >= 0.3 is 0 Å². The predicted molar refractivity (Wildman–Crippen MR) is 66.1 cm³/mol. The Kier molecular flexibility index (Phi) is 2.46. The van der Waals surface area contributed by atoms with Gasteiger partial charge in [0.25, 0.3) is 0 Å². The number of anilines is 1. The first-order valence-corrected chi connectivity index (χ1v) is 5.73. The summed E-state index contributed by atoms with van der Waals surface area (Å²) in [6.07, 6.45) is 2.01. The van der Waals surface area contributed by atoms with Gasteiger partial charge in [-0.1, -0.05) is 13.8 Å². The maximum absolute atomic E-state index is 6.06. The van der Waals surface area contributed by atoms with Gasteiger partial charge in [-0.3, -0.25) is 4.40 Å². The molecule has 3 nitrogen and oxygen atoms in total. The molecule has 0 unspecified atom stereocenters. The Morgan fingerprint density at radius 2 is 2.13 bits per heavy atom. The molecule has 0 bridgehead atoms. The third kappa shape index (κ3) is 1.63. The summed E-state index contributed by atoms with van der Waals surface area (Å²) in [4.78, 5) is 4.54. The molecule has 0 spiro atoms. The van der Waals surface area contributed by atoms with E-state index in [0.29, 0.717) is 5.92 Å². The van der Waals surface area contributed by atoms with Gasteiger partial charge in [0.15, 0.2) is 5.65 Å². The molecule has 4 heteroatoms. The smallest absolute Gasteiger partial charge is 0.153 e. The first-order chi connectivity index (χ1) is 7.00. The minimum atomic E-state index is 0.345. The van der Waals surface area contributed by atoms with E-state index in [4.69, 9.17) is 5.73 Å². The number of pyridine rings is 1. The molecule has 0 saturated heterocycles. The molecule has 2 aromatic rings. The first kappa shape index (κ1) is 10.5. The van der Waals surface area contributed by atoms with E-state index in [0.717, 1.165) is 27.2 Å². The van der Waals surface area contributed by atoms with Crippen molar-refractivity contribution in [2.24, 2.45) is 0 Å². The summed E-state index contributed by atoms with van der Waals surface area (Å²) in [5.41, 5.74) is 9.07.